The Morgan fingerprint density at radius 2 is 2.20 bits per heavy atom. The summed E-state index contributed by atoms with van der Waals surface area (Å²) >= 11 is 1.46. The van der Waals surface area contributed by atoms with Crippen LogP contribution in [0.3, 0.4) is 0 Å². The molecule has 0 aliphatic carbocycles. The fraction of sp³-hybridized carbons (Fsp3) is 0.231. The zero-order valence-electron chi connectivity index (χ0n) is 10.9. The van der Waals surface area contributed by atoms with Crippen molar-refractivity contribution >= 4 is 27.4 Å². The largest absolute Gasteiger partial charge is 0.369 e. The zero-order chi connectivity index (χ0) is 13.9. The molecule has 3 heterocycles. The fourth-order valence-electron chi connectivity index (χ4n) is 1.89. The molecule has 0 saturated carbocycles. The third-order valence-electron chi connectivity index (χ3n) is 2.85. The SMILES string of the molecule is CCNc1cnc(Cn2cnc3sccc3c2=O)cn1. The Hall–Kier alpha value is -2.28. The number of aromatic nitrogens is 4. The van der Waals surface area contributed by atoms with Crippen molar-refractivity contribution in [3.05, 3.63) is 46.2 Å². The molecule has 0 radical (unpaired) electrons. The second-order valence-corrected chi connectivity index (χ2v) is 5.13. The molecule has 3 aromatic rings. The van der Waals surface area contributed by atoms with E-state index in [1.807, 2.05) is 12.3 Å². The number of nitrogens with one attached hydrogen (secondary N) is 1. The van der Waals surface area contributed by atoms with Crippen molar-refractivity contribution in [2.75, 3.05) is 11.9 Å². The summed E-state index contributed by atoms with van der Waals surface area (Å²) in [6.07, 6.45) is 4.89. The maximum absolute atomic E-state index is 12.2. The van der Waals surface area contributed by atoms with Crippen LogP contribution in [0, 0.1) is 0 Å². The van der Waals surface area contributed by atoms with E-state index in [9.17, 15) is 4.79 Å². The first kappa shape index (κ1) is 12.7. The van der Waals surface area contributed by atoms with Crippen LogP contribution in [0.25, 0.3) is 10.2 Å². The highest BCUT2D eigenvalue weighted by Gasteiger charge is 2.06. The molecule has 3 rings (SSSR count). The van der Waals surface area contributed by atoms with Gasteiger partial charge in [0.05, 0.1) is 36.3 Å². The molecular formula is C13H13N5OS. The third kappa shape index (κ3) is 2.39. The second kappa shape index (κ2) is 5.38. The summed E-state index contributed by atoms with van der Waals surface area (Å²) in [5.74, 6) is 0.731. The van der Waals surface area contributed by atoms with Gasteiger partial charge in [0.1, 0.15) is 10.6 Å². The van der Waals surface area contributed by atoms with Gasteiger partial charge in [0, 0.05) is 6.54 Å². The quantitative estimate of drug-likeness (QED) is 0.791. The Morgan fingerprint density at radius 1 is 1.30 bits per heavy atom. The van der Waals surface area contributed by atoms with E-state index in [0.29, 0.717) is 11.9 Å². The molecule has 0 saturated heterocycles. The van der Waals surface area contributed by atoms with Crippen molar-refractivity contribution in [2.45, 2.75) is 13.5 Å². The number of anilines is 1. The first-order chi connectivity index (χ1) is 9.78. The van der Waals surface area contributed by atoms with Gasteiger partial charge < -0.3 is 5.32 Å². The highest BCUT2D eigenvalue weighted by atomic mass is 32.1. The minimum absolute atomic E-state index is 0.0474. The van der Waals surface area contributed by atoms with Crippen LogP contribution in [0.15, 0.2) is 35.0 Å². The summed E-state index contributed by atoms with van der Waals surface area (Å²) < 4.78 is 1.55. The van der Waals surface area contributed by atoms with Crippen LogP contribution in [-0.4, -0.2) is 26.1 Å². The molecule has 0 aromatic carbocycles. The van der Waals surface area contributed by atoms with Crippen LogP contribution in [0.4, 0.5) is 5.82 Å². The minimum Gasteiger partial charge on any atom is -0.369 e. The van der Waals surface area contributed by atoms with Gasteiger partial charge in [-0.1, -0.05) is 0 Å². The van der Waals surface area contributed by atoms with E-state index in [-0.39, 0.29) is 5.56 Å². The smallest absolute Gasteiger partial charge is 0.262 e. The molecule has 0 spiro atoms. The predicted octanol–water partition coefficient (Wildman–Crippen LogP) is 1.73. The molecular weight excluding hydrogens is 274 g/mol. The molecule has 1 N–H and O–H groups in total. The summed E-state index contributed by atoms with van der Waals surface area (Å²) in [6, 6.07) is 1.80. The number of hydrogen-bond acceptors (Lipinski definition) is 6. The monoisotopic (exact) mass is 287 g/mol. The highest BCUT2D eigenvalue weighted by molar-refractivity contribution is 7.16. The standard InChI is InChI=1S/C13H13N5OS/c1-2-14-11-6-15-9(5-16-11)7-18-8-17-12-10(13(18)19)3-4-20-12/h3-6,8H,2,7H2,1H3,(H,14,16). The van der Waals surface area contributed by atoms with Gasteiger partial charge in [0.15, 0.2) is 0 Å². The van der Waals surface area contributed by atoms with Gasteiger partial charge in [-0.2, -0.15) is 0 Å². The Kier molecular flexibility index (Phi) is 3.42. The van der Waals surface area contributed by atoms with Gasteiger partial charge in [-0.25, -0.2) is 9.97 Å². The van der Waals surface area contributed by atoms with Gasteiger partial charge in [-0.3, -0.25) is 14.3 Å². The van der Waals surface area contributed by atoms with Crippen LogP contribution in [0.5, 0.6) is 0 Å². The van der Waals surface area contributed by atoms with Crippen LogP contribution in [0.1, 0.15) is 12.6 Å². The topological polar surface area (TPSA) is 72.7 Å². The molecule has 0 atom stereocenters. The normalized spacial score (nSPS) is 10.8. The molecule has 0 amide bonds. The van der Waals surface area contributed by atoms with E-state index in [2.05, 4.69) is 20.3 Å². The first-order valence-electron chi connectivity index (χ1n) is 6.25. The molecule has 0 aliphatic heterocycles. The average Bonchev–Trinajstić information content (AvgIpc) is 2.94. The Labute approximate surface area is 119 Å². The number of rotatable bonds is 4. The van der Waals surface area contributed by atoms with Crippen LogP contribution >= 0.6 is 11.3 Å². The van der Waals surface area contributed by atoms with E-state index in [4.69, 9.17) is 0 Å². The molecule has 6 nitrogen and oxygen atoms in total. The molecule has 0 bridgehead atoms. The van der Waals surface area contributed by atoms with Crippen molar-refractivity contribution in [3.8, 4) is 0 Å². The molecule has 0 aliphatic rings. The van der Waals surface area contributed by atoms with Crippen molar-refractivity contribution in [3.63, 3.8) is 0 Å². The van der Waals surface area contributed by atoms with Crippen LogP contribution in [-0.2, 0) is 6.54 Å². The van der Waals surface area contributed by atoms with Crippen molar-refractivity contribution < 1.29 is 0 Å². The van der Waals surface area contributed by atoms with E-state index in [1.165, 1.54) is 11.3 Å². The van der Waals surface area contributed by atoms with E-state index < -0.39 is 0 Å². The average molecular weight is 287 g/mol. The van der Waals surface area contributed by atoms with E-state index in [0.717, 1.165) is 22.9 Å². The maximum Gasteiger partial charge on any atom is 0.262 e. The third-order valence-corrected chi connectivity index (χ3v) is 3.67. The minimum atomic E-state index is -0.0474. The lowest BCUT2D eigenvalue weighted by molar-refractivity contribution is 0.726. The molecule has 0 fully saturated rings. The van der Waals surface area contributed by atoms with Crippen LogP contribution < -0.4 is 10.9 Å². The number of hydrogen-bond donors (Lipinski definition) is 1. The molecule has 102 valence electrons. The van der Waals surface area contributed by atoms with Gasteiger partial charge in [0.25, 0.3) is 5.56 Å². The van der Waals surface area contributed by atoms with E-state index >= 15 is 0 Å². The Morgan fingerprint density at radius 3 is 2.95 bits per heavy atom. The van der Waals surface area contributed by atoms with Gasteiger partial charge in [-0.15, -0.1) is 11.3 Å². The molecule has 0 unspecified atom stereocenters. The summed E-state index contributed by atoms with van der Waals surface area (Å²) in [4.78, 5) is 25.8. The lowest BCUT2D eigenvalue weighted by Crippen LogP contribution is -2.21. The van der Waals surface area contributed by atoms with Crippen molar-refractivity contribution in [2.24, 2.45) is 0 Å². The number of thiophene rings is 1. The van der Waals surface area contributed by atoms with E-state index in [1.54, 1.807) is 29.4 Å². The summed E-state index contributed by atoms with van der Waals surface area (Å²) in [5.41, 5.74) is 0.680. The maximum atomic E-state index is 12.2. The van der Waals surface area contributed by atoms with Gasteiger partial charge >= 0.3 is 0 Å². The molecule has 7 heteroatoms. The van der Waals surface area contributed by atoms with Gasteiger partial charge in [-0.05, 0) is 18.4 Å². The van der Waals surface area contributed by atoms with Crippen molar-refractivity contribution in [1.82, 2.24) is 19.5 Å². The fourth-order valence-corrected chi connectivity index (χ4v) is 2.61. The Bertz CT molecular complexity index is 777. The number of fused-ring (bicyclic) bond motifs is 1. The first-order valence-corrected chi connectivity index (χ1v) is 7.13. The lowest BCUT2D eigenvalue weighted by Gasteiger charge is -2.06. The Balaban J connectivity index is 1.88. The van der Waals surface area contributed by atoms with Gasteiger partial charge in [0.2, 0.25) is 0 Å². The lowest BCUT2D eigenvalue weighted by atomic mass is 10.4. The zero-order valence-corrected chi connectivity index (χ0v) is 11.7. The predicted molar refractivity (Wildman–Crippen MR) is 79.2 cm³/mol. The van der Waals surface area contributed by atoms with Crippen LogP contribution in [0.2, 0.25) is 0 Å². The second-order valence-electron chi connectivity index (χ2n) is 4.24. The molecule has 20 heavy (non-hydrogen) atoms. The molecule has 3 aromatic heterocycles. The summed E-state index contributed by atoms with van der Waals surface area (Å²) in [7, 11) is 0. The highest BCUT2D eigenvalue weighted by Crippen LogP contribution is 2.13. The van der Waals surface area contributed by atoms with Crippen molar-refractivity contribution in [1.29, 1.82) is 0 Å². The summed E-state index contributed by atoms with van der Waals surface area (Å²) in [5, 5.41) is 5.59. The number of nitrogens with zero attached hydrogens (tertiary/aromatic N) is 4. The summed E-state index contributed by atoms with van der Waals surface area (Å²) in [6.45, 7) is 3.17.